The highest BCUT2D eigenvalue weighted by Gasteiger charge is 2.19. The summed E-state index contributed by atoms with van der Waals surface area (Å²) in [6.07, 6.45) is 5.13. The van der Waals surface area contributed by atoms with Gasteiger partial charge in [0.25, 0.3) is 0 Å². The quantitative estimate of drug-likeness (QED) is 0.784. The normalized spacial score (nSPS) is 16.4. The van der Waals surface area contributed by atoms with E-state index in [1.54, 1.807) is 6.20 Å². The van der Waals surface area contributed by atoms with Crippen LogP contribution in [0.25, 0.3) is 11.6 Å². The highest BCUT2D eigenvalue weighted by molar-refractivity contribution is 5.88. The van der Waals surface area contributed by atoms with Crippen LogP contribution in [0.5, 0.6) is 5.75 Å². The van der Waals surface area contributed by atoms with Crippen molar-refractivity contribution in [3.05, 3.63) is 82.7 Å². The van der Waals surface area contributed by atoms with Gasteiger partial charge in [0, 0.05) is 37.1 Å². The molecular weight excluding hydrogens is 322 g/mol. The zero-order valence-electron chi connectivity index (χ0n) is 14.6. The molecule has 2 aromatic carbocycles. The molecule has 0 saturated heterocycles. The van der Waals surface area contributed by atoms with Crippen LogP contribution in [0.2, 0.25) is 0 Å². The first-order valence-electron chi connectivity index (χ1n) is 9.10. The van der Waals surface area contributed by atoms with Crippen LogP contribution in [0.4, 0.5) is 0 Å². The number of allylic oxidation sites excluding steroid dienone is 1. The number of nitrogens with one attached hydrogen (secondary N) is 1. The average Bonchev–Trinajstić information content (AvgIpc) is 3.27. The Morgan fingerprint density at radius 1 is 1.08 bits per heavy atom. The number of rotatable bonds is 3. The topological polar surface area (TPSA) is 41.2 Å². The Morgan fingerprint density at radius 2 is 2.04 bits per heavy atom. The smallest absolute Gasteiger partial charge is 0.123 e. The lowest BCUT2D eigenvalue weighted by Gasteiger charge is -2.18. The molecule has 0 amide bonds. The third kappa shape index (κ3) is 2.93. The van der Waals surface area contributed by atoms with Crippen LogP contribution in [-0.4, -0.2) is 28.2 Å². The van der Waals surface area contributed by atoms with Crippen LogP contribution in [0.3, 0.4) is 0 Å². The van der Waals surface area contributed by atoms with Gasteiger partial charge in [0.2, 0.25) is 0 Å². The second kappa shape index (κ2) is 6.46. The molecule has 1 aromatic heterocycles. The van der Waals surface area contributed by atoms with Gasteiger partial charge in [-0.2, -0.15) is 5.10 Å². The predicted octanol–water partition coefficient (Wildman–Crippen LogP) is 3.90. The molecule has 0 atom stereocenters. The molecule has 26 heavy (non-hydrogen) atoms. The van der Waals surface area contributed by atoms with E-state index in [-0.39, 0.29) is 0 Å². The first kappa shape index (κ1) is 15.4. The van der Waals surface area contributed by atoms with Crippen LogP contribution in [0.15, 0.2) is 54.7 Å². The zero-order valence-corrected chi connectivity index (χ0v) is 14.6. The number of hydrogen-bond donors (Lipinski definition) is 1. The third-order valence-electron chi connectivity index (χ3n) is 5.21. The lowest BCUT2D eigenvalue weighted by Crippen LogP contribution is -2.25. The molecule has 0 unspecified atom stereocenters. The molecule has 2 heterocycles. The van der Waals surface area contributed by atoms with Gasteiger partial charge in [-0.25, -0.2) is 0 Å². The second-order valence-electron chi connectivity index (χ2n) is 7.01. The van der Waals surface area contributed by atoms with Crippen molar-refractivity contribution in [2.75, 3.05) is 13.2 Å². The van der Waals surface area contributed by atoms with Crippen LogP contribution >= 0.6 is 0 Å². The number of aromatic amines is 1. The summed E-state index contributed by atoms with van der Waals surface area (Å²) in [4.78, 5) is 2.40. The highest BCUT2D eigenvalue weighted by Crippen LogP contribution is 2.34. The summed E-state index contributed by atoms with van der Waals surface area (Å²) in [5, 5.41) is 7.10. The van der Waals surface area contributed by atoms with Crippen molar-refractivity contribution in [2.45, 2.75) is 19.5 Å². The lowest BCUT2D eigenvalue weighted by atomic mass is 10.0. The maximum absolute atomic E-state index is 5.99. The monoisotopic (exact) mass is 343 g/mol. The molecule has 130 valence electrons. The first-order chi connectivity index (χ1) is 12.8. The zero-order chi connectivity index (χ0) is 17.3. The minimum absolute atomic E-state index is 0.717. The van der Waals surface area contributed by atoms with Gasteiger partial charge in [-0.15, -0.1) is 0 Å². The van der Waals surface area contributed by atoms with E-state index >= 15 is 0 Å². The standard InChI is InChI=1S/C22H21N3O/c1-2-4-17-12-19(11-16(17)3-1)18-5-6-22-20(13-18)14-25(9-10-26-22)15-21-7-8-23-24-21/h1-8,11,13H,9-10,12,14-15H2,(H,23,24). The fourth-order valence-corrected chi connectivity index (χ4v) is 3.86. The van der Waals surface area contributed by atoms with Crippen LogP contribution in [0.1, 0.15) is 27.9 Å². The van der Waals surface area contributed by atoms with Crippen molar-refractivity contribution < 1.29 is 4.74 Å². The average molecular weight is 343 g/mol. The molecule has 1 aliphatic carbocycles. The molecule has 1 aliphatic heterocycles. The van der Waals surface area contributed by atoms with Gasteiger partial charge in [-0.1, -0.05) is 36.4 Å². The van der Waals surface area contributed by atoms with Crippen LogP contribution < -0.4 is 4.74 Å². The predicted molar refractivity (Wildman–Crippen MR) is 103 cm³/mol. The molecule has 0 bridgehead atoms. The molecule has 1 N–H and O–H groups in total. The molecule has 4 heteroatoms. The Kier molecular flexibility index (Phi) is 3.83. The Bertz CT molecular complexity index is 959. The molecule has 2 aliphatic rings. The van der Waals surface area contributed by atoms with E-state index < -0.39 is 0 Å². The van der Waals surface area contributed by atoms with Gasteiger partial charge in [-0.05, 0) is 46.9 Å². The Labute approximate surface area is 153 Å². The molecule has 0 radical (unpaired) electrons. The van der Waals surface area contributed by atoms with Gasteiger partial charge >= 0.3 is 0 Å². The number of fused-ring (bicyclic) bond motifs is 2. The minimum Gasteiger partial charge on any atom is -0.492 e. The van der Waals surface area contributed by atoms with E-state index in [0.717, 1.165) is 37.5 Å². The van der Waals surface area contributed by atoms with E-state index in [1.165, 1.54) is 27.8 Å². The SMILES string of the molecule is C1=C(c2ccc3c(c2)CN(Cc2ccn[nH]2)CCO3)Cc2ccccc21. The van der Waals surface area contributed by atoms with Gasteiger partial charge in [0.1, 0.15) is 12.4 Å². The summed E-state index contributed by atoms with van der Waals surface area (Å²) in [6.45, 7) is 3.38. The lowest BCUT2D eigenvalue weighted by molar-refractivity contribution is 0.217. The van der Waals surface area contributed by atoms with Gasteiger partial charge in [-0.3, -0.25) is 10.00 Å². The molecule has 0 fully saturated rings. The number of H-pyrrole nitrogens is 1. The summed E-state index contributed by atoms with van der Waals surface area (Å²) in [5.74, 6) is 1.01. The number of benzene rings is 2. The van der Waals surface area contributed by atoms with E-state index in [9.17, 15) is 0 Å². The third-order valence-corrected chi connectivity index (χ3v) is 5.21. The number of ether oxygens (including phenoxy) is 1. The Balaban J connectivity index is 1.41. The summed E-state index contributed by atoms with van der Waals surface area (Å²) in [7, 11) is 0. The molecular formula is C22H21N3O. The molecule has 3 aromatic rings. The Hall–Kier alpha value is -2.85. The fraction of sp³-hybridized carbons (Fsp3) is 0.227. The van der Waals surface area contributed by atoms with Gasteiger partial charge in [0.05, 0.1) is 0 Å². The number of nitrogens with zero attached hydrogens (tertiary/aromatic N) is 2. The summed E-state index contributed by atoms with van der Waals surface area (Å²) >= 11 is 0. The first-order valence-corrected chi connectivity index (χ1v) is 9.10. The van der Waals surface area contributed by atoms with Crippen molar-refractivity contribution in [1.82, 2.24) is 15.1 Å². The van der Waals surface area contributed by atoms with Crippen molar-refractivity contribution >= 4 is 11.6 Å². The van der Waals surface area contributed by atoms with Gasteiger partial charge in [0.15, 0.2) is 0 Å². The number of aromatic nitrogens is 2. The minimum atomic E-state index is 0.717. The largest absolute Gasteiger partial charge is 0.492 e. The number of hydrogen-bond acceptors (Lipinski definition) is 3. The maximum atomic E-state index is 5.99. The Morgan fingerprint density at radius 3 is 2.92 bits per heavy atom. The van der Waals surface area contributed by atoms with Crippen molar-refractivity contribution in [3.63, 3.8) is 0 Å². The van der Waals surface area contributed by atoms with Gasteiger partial charge < -0.3 is 4.74 Å². The molecule has 0 spiro atoms. The molecule has 4 nitrogen and oxygen atoms in total. The summed E-state index contributed by atoms with van der Waals surface area (Å²) < 4.78 is 5.99. The van der Waals surface area contributed by atoms with E-state index in [4.69, 9.17) is 4.74 Å². The van der Waals surface area contributed by atoms with Crippen molar-refractivity contribution in [2.24, 2.45) is 0 Å². The van der Waals surface area contributed by atoms with Crippen LogP contribution in [-0.2, 0) is 19.5 Å². The van der Waals surface area contributed by atoms with E-state index in [2.05, 4.69) is 63.6 Å². The highest BCUT2D eigenvalue weighted by atomic mass is 16.5. The van der Waals surface area contributed by atoms with Crippen LogP contribution in [0, 0.1) is 0 Å². The summed E-state index contributed by atoms with van der Waals surface area (Å²) in [5.41, 5.74) is 7.84. The maximum Gasteiger partial charge on any atom is 0.123 e. The van der Waals surface area contributed by atoms with Crippen molar-refractivity contribution in [1.29, 1.82) is 0 Å². The van der Waals surface area contributed by atoms with Crippen molar-refractivity contribution in [3.8, 4) is 5.75 Å². The molecule has 0 saturated carbocycles. The molecule has 5 rings (SSSR count). The van der Waals surface area contributed by atoms with E-state index in [1.807, 2.05) is 6.07 Å². The van der Waals surface area contributed by atoms with E-state index in [0.29, 0.717) is 6.61 Å². The second-order valence-corrected chi connectivity index (χ2v) is 7.01. The summed E-state index contributed by atoms with van der Waals surface area (Å²) in [6, 6.07) is 17.3. The fourth-order valence-electron chi connectivity index (χ4n) is 3.86.